The lowest BCUT2D eigenvalue weighted by atomic mass is 9.88. The molecule has 3 rings (SSSR count). The van der Waals surface area contributed by atoms with Gasteiger partial charge in [-0.3, -0.25) is 0 Å². The second kappa shape index (κ2) is 7.57. The van der Waals surface area contributed by atoms with E-state index in [1.54, 1.807) is 0 Å². The maximum absolute atomic E-state index is 11.2. The fourth-order valence-corrected chi connectivity index (χ4v) is 3.83. The summed E-state index contributed by atoms with van der Waals surface area (Å²) in [6.07, 6.45) is 6.60. The minimum atomic E-state index is 0.173. The fraction of sp³-hybridized carbons (Fsp3) is 0.417. The van der Waals surface area contributed by atoms with Gasteiger partial charge in [0.05, 0.1) is 5.56 Å². The Morgan fingerprint density at radius 3 is 2.50 bits per heavy atom. The Bertz CT molecular complexity index is 829. The van der Waals surface area contributed by atoms with E-state index in [2.05, 4.69) is 13.5 Å². The van der Waals surface area contributed by atoms with Gasteiger partial charge in [-0.15, -0.1) is 0 Å². The molecule has 2 aromatic carbocycles. The summed E-state index contributed by atoms with van der Waals surface area (Å²) >= 11 is 0. The van der Waals surface area contributed by atoms with Crippen LogP contribution in [0.4, 0.5) is 0 Å². The zero-order valence-corrected chi connectivity index (χ0v) is 16.2. The van der Waals surface area contributed by atoms with Gasteiger partial charge in [-0.2, -0.15) is 0 Å². The minimum absolute atomic E-state index is 0.173. The molecule has 0 atom stereocenters. The van der Waals surface area contributed by atoms with Gasteiger partial charge in [0, 0.05) is 5.56 Å². The molecule has 1 aliphatic rings. The normalized spacial score (nSPS) is 13.8. The van der Waals surface area contributed by atoms with E-state index in [0.717, 1.165) is 59.1 Å². The number of phenolic OH excluding ortho intramolecular Hbond substituents is 2. The summed E-state index contributed by atoms with van der Waals surface area (Å²) < 4.78 is 0. The van der Waals surface area contributed by atoms with Gasteiger partial charge in [0.15, 0.2) is 0 Å². The quantitative estimate of drug-likeness (QED) is 0.544. The van der Waals surface area contributed by atoms with Crippen molar-refractivity contribution >= 4 is 5.57 Å². The SMILES string of the molecule is C=C(C)c1ccc(C)cc1-c1c(O)cc(CCCCC)c(C2CC2)c1O. The Morgan fingerprint density at radius 1 is 1.15 bits per heavy atom. The summed E-state index contributed by atoms with van der Waals surface area (Å²) in [6.45, 7) is 10.3. The van der Waals surface area contributed by atoms with Crippen LogP contribution in [0.1, 0.15) is 74.1 Å². The van der Waals surface area contributed by atoms with Crippen LogP contribution in [-0.2, 0) is 6.42 Å². The molecule has 26 heavy (non-hydrogen) atoms. The molecule has 0 bridgehead atoms. The van der Waals surface area contributed by atoms with Gasteiger partial charge < -0.3 is 10.2 Å². The molecule has 0 saturated heterocycles. The fourth-order valence-electron chi connectivity index (χ4n) is 3.83. The predicted octanol–water partition coefficient (Wildman–Crippen LogP) is 6.72. The second-order valence-electron chi connectivity index (χ2n) is 7.75. The van der Waals surface area contributed by atoms with Gasteiger partial charge in [-0.1, -0.05) is 55.7 Å². The summed E-state index contributed by atoms with van der Waals surface area (Å²) in [4.78, 5) is 0. The summed E-state index contributed by atoms with van der Waals surface area (Å²) in [5, 5.41) is 22.0. The van der Waals surface area contributed by atoms with Crippen LogP contribution in [0.5, 0.6) is 11.5 Å². The molecule has 2 aromatic rings. The van der Waals surface area contributed by atoms with E-state index < -0.39 is 0 Å². The largest absolute Gasteiger partial charge is 0.507 e. The molecule has 2 N–H and O–H groups in total. The third kappa shape index (κ3) is 3.65. The maximum Gasteiger partial charge on any atom is 0.130 e. The first kappa shape index (κ1) is 18.6. The van der Waals surface area contributed by atoms with Crippen LogP contribution in [0.15, 0.2) is 30.8 Å². The third-order valence-electron chi connectivity index (χ3n) is 5.34. The van der Waals surface area contributed by atoms with Crippen LogP contribution in [0.3, 0.4) is 0 Å². The van der Waals surface area contributed by atoms with Crippen LogP contribution >= 0.6 is 0 Å². The van der Waals surface area contributed by atoms with Crippen LogP contribution < -0.4 is 0 Å². The van der Waals surface area contributed by atoms with Crippen molar-refractivity contribution in [3.8, 4) is 22.6 Å². The van der Waals surface area contributed by atoms with Crippen LogP contribution in [-0.4, -0.2) is 10.2 Å². The molecule has 2 heteroatoms. The molecular weight excluding hydrogens is 320 g/mol. The Labute approximate surface area is 157 Å². The predicted molar refractivity (Wildman–Crippen MR) is 110 cm³/mol. The van der Waals surface area contributed by atoms with Gasteiger partial charge in [-0.25, -0.2) is 0 Å². The van der Waals surface area contributed by atoms with Crippen molar-refractivity contribution in [2.24, 2.45) is 0 Å². The van der Waals surface area contributed by atoms with Crippen molar-refractivity contribution in [3.63, 3.8) is 0 Å². The number of unbranched alkanes of at least 4 members (excludes halogenated alkanes) is 2. The minimum Gasteiger partial charge on any atom is -0.507 e. The first-order chi connectivity index (χ1) is 12.4. The number of hydrogen-bond acceptors (Lipinski definition) is 2. The number of allylic oxidation sites excluding steroid dienone is 1. The summed E-state index contributed by atoms with van der Waals surface area (Å²) in [5.74, 6) is 0.877. The molecule has 0 amide bonds. The molecule has 1 saturated carbocycles. The van der Waals surface area contributed by atoms with E-state index in [-0.39, 0.29) is 11.5 Å². The average Bonchev–Trinajstić information content (AvgIpc) is 3.39. The standard InChI is InChI=1S/C24H30O2/c1-5-6-7-8-18-14-21(25)23(24(26)22(18)17-10-11-17)20-13-16(4)9-12-19(20)15(2)3/h9,12-14,17,25-26H,2,5-8,10-11H2,1,3-4H3. The highest BCUT2D eigenvalue weighted by Crippen LogP contribution is 2.52. The molecule has 0 heterocycles. The van der Waals surface area contributed by atoms with Crippen molar-refractivity contribution in [2.75, 3.05) is 0 Å². The van der Waals surface area contributed by atoms with Crippen molar-refractivity contribution in [1.82, 2.24) is 0 Å². The molecule has 1 fully saturated rings. The number of benzene rings is 2. The zero-order valence-electron chi connectivity index (χ0n) is 16.2. The van der Waals surface area contributed by atoms with E-state index in [0.29, 0.717) is 11.5 Å². The summed E-state index contributed by atoms with van der Waals surface area (Å²) in [5.41, 5.74) is 6.61. The number of aryl methyl sites for hydroxylation is 2. The lowest BCUT2D eigenvalue weighted by molar-refractivity contribution is 0.447. The molecule has 2 nitrogen and oxygen atoms in total. The first-order valence-corrected chi connectivity index (χ1v) is 9.78. The van der Waals surface area contributed by atoms with E-state index in [9.17, 15) is 10.2 Å². The highest BCUT2D eigenvalue weighted by Gasteiger charge is 2.32. The lowest BCUT2D eigenvalue weighted by Gasteiger charge is -2.19. The smallest absolute Gasteiger partial charge is 0.130 e. The highest BCUT2D eigenvalue weighted by atomic mass is 16.3. The topological polar surface area (TPSA) is 40.5 Å². The van der Waals surface area contributed by atoms with Gasteiger partial charge >= 0.3 is 0 Å². The van der Waals surface area contributed by atoms with Gasteiger partial charge in [0.2, 0.25) is 0 Å². The van der Waals surface area contributed by atoms with E-state index in [1.165, 1.54) is 12.8 Å². The molecular formula is C24H30O2. The molecule has 0 aromatic heterocycles. The van der Waals surface area contributed by atoms with Crippen molar-refractivity contribution in [3.05, 3.63) is 53.1 Å². The Kier molecular flexibility index (Phi) is 5.41. The van der Waals surface area contributed by atoms with E-state index in [1.807, 2.05) is 38.1 Å². The molecule has 0 unspecified atom stereocenters. The molecule has 138 valence electrons. The Hall–Kier alpha value is -2.22. The first-order valence-electron chi connectivity index (χ1n) is 9.78. The van der Waals surface area contributed by atoms with Crippen LogP contribution in [0.2, 0.25) is 0 Å². The molecule has 0 aliphatic heterocycles. The Balaban J connectivity index is 2.16. The third-order valence-corrected chi connectivity index (χ3v) is 5.34. The highest BCUT2D eigenvalue weighted by molar-refractivity contribution is 5.87. The Morgan fingerprint density at radius 2 is 1.88 bits per heavy atom. The number of aromatic hydroxyl groups is 2. The average molecular weight is 351 g/mol. The van der Waals surface area contributed by atoms with Gasteiger partial charge in [0.1, 0.15) is 11.5 Å². The maximum atomic E-state index is 11.2. The molecule has 1 aliphatic carbocycles. The zero-order chi connectivity index (χ0) is 18.8. The lowest BCUT2D eigenvalue weighted by Crippen LogP contribution is -1.98. The van der Waals surface area contributed by atoms with E-state index in [4.69, 9.17) is 0 Å². The molecule has 0 radical (unpaired) electrons. The van der Waals surface area contributed by atoms with E-state index >= 15 is 0 Å². The van der Waals surface area contributed by atoms with Gasteiger partial charge in [-0.05, 0) is 68.2 Å². The van der Waals surface area contributed by atoms with Crippen molar-refractivity contribution < 1.29 is 10.2 Å². The number of hydrogen-bond donors (Lipinski definition) is 2. The van der Waals surface area contributed by atoms with Crippen molar-refractivity contribution in [2.45, 2.75) is 65.2 Å². The number of rotatable bonds is 7. The van der Waals surface area contributed by atoms with Gasteiger partial charge in [0.25, 0.3) is 0 Å². The summed E-state index contributed by atoms with van der Waals surface area (Å²) in [7, 11) is 0. The summed E-state index contributed by atoms with van der Waals surface area (Å²) in [6, 6.07) is 8.00. The van der Waals surface area contributed by atoms with Crippen LogP contribution in [0.25, 0.3) is 16.7 Å². The molecule has 0 spiro atoms. The van der Waals surface area contributed by atoms with Crippen LogP contribution in [0, 0.1) is 6.92 Å². The second-order valence-corrected chi connectivity index (χ2v) is 7.75. The number of phenols is 2. The monoisotopic (exact) mass is 350 g/mol. The van der Waals surface area contributed by atoms with Crippen molar-refractivity contribution in [1.29, 1.82) is 0 Å².